The number of aryl methyl sites for hydroxylation is 1. The van der Waals surface area contributed by atoms with Crippen molar-refractivity contribution in [2.45, 2.75) is 32.1 Å². The minimum absolute atomic E-state index is 0.253. The average molecular weight is 268 g/mol. The molecule has 20 heavy (non-hydrogen) atoms. The summed E-state index contributed by atoms with van der Waals surface area (Å²) in [5, 5.41) is 0. The van der Waals surface area contributed by atoms with Crippen molar-refractivity contribution in [2.24, 2.45) is 10.7 Å². The maximum atomic E-state index is 11.9. The Morgan fingerprint density at radius 1 is 1.40 bits per heavy atom. The van der Waals surface area contributed by atoms with Crippen molar-refractivity contribution >= 4 is 11.7 Å². The van der Waals surface area contributed by atoms with E-state index in [1.165, 1.54) is 11.1 Å². The summed E-state index contributed by atoms with van der Waals surface area (Å²) >= 11 is 0. The largest absolute Gasteiger partial charge is 0.386 e. The van der Waals surface area contributed by atoms with Crippen molar-refractivity contribution in [3.8, 4) is 0 Å². The van der Waals surface area contributed by atoms with Gasteiger partial charge in [-0.2, -0.15) is 4.99 Å². The number of allylic oxidation sites excluding steroid dienone is 1. The molecule has 0 spiro atoms. The Labute approximate surface area is 119 Å². The van der Waals surface area contributed by atoms with Gasteiger partial charge < -0.3 is 5.73 Å². The maximum Gasteiger partial charge on any atom is 0.278 e. The van der Waals surface area contributed by atoms with E-state index in [0.29, 0.717) is 11.4 Å². The fourth-order valence-electron chi connectivity index (χ4n) is 2.46. The molecule has 3 nitrogen and oxygen atoms in total. The Balaban J connectivity index is 2.29. The van der Waals surface area contributed by atoms with Crippen molar-refractivity contribution < 1.29 is 4.79 Å². The van der Waals surface area contributed by atoms with E-state index in [9.17, 15) is 4.79 Å². The lowest BCUT2D eigenvalue weighted by Crippen LogP contribution is -2.30. The summed E-state index contributed by atoms with van der Waals surface area (Å²) in [5.41, 5.74) is 8.57. The fraction of sp³-hybridized carbons (Fsp3) is 0.294. The van der Waals surface area contributed by atoms with Gasteiger partial charge in [-0.3, -0.25) is 4.79 Å². The highest BCUT2D eigenvalue weighted by Gasteiger charge is 2.49. The van der Waals surface area contributed by atoms with Crippen LogP contribution in [0.25, 0.3) is 0 Å². The van der Waals surface area contributed by atoms with E-state index in [1.807, 2.05) is 19.1 Å². The first-order valence-corrected chi connectivity index (χ1v) is 6.78. The van der Waals surface area contributed by atoms with E-state index >= 15 is 0 Å². The fourth-order valence-corrected chi connectivity index (χ4v) is 2.46. The minimum Gasteiger partial charge on any atom is -0.386 e. The van der Waals surface area contributed by atoms with Crippen LogP contribution >= 0.6 is 0 Å². The molecule has 2 rings (SSSR count). The number of hydrogen-bond donors (Lipinski definition) is 1. The van der Waals surface area contributed by atoms with E-state index in [2.05, 4.69) is 30.6 Å². The number of hydrogen-bond acceptors (Lipinski definition) is 1. The first-order valence-electron chi connectivity index (χ1n) is 6.78. The third-order valence-electron chi connectivity index (χ3n) is 3.77. The summed E-state index contributed by atoms with van der Waals surface area (Å²) in [5.74, 6) is 0.0444. The van der Waals surface area contributed by atoms with Crippen LogP contribution in [0, 0.1) is 6.92 Å². The molecule has 1 aromatic carbocycles. The van der Waals surface area contributed by atoms with Gasteiger partial charge in [0, 0.05) is 5.57 Å². The predicted molar refractivity (Wildman–Crippen MR) is 82.7 cm³/mol. The molecular weight excluding hydrogens is 248 g/mol. The lowest BCUT2D eigenvalue weighted by molar-refractivity contribution is -0.114. The highest BCUT2D eigenvalue weighted by atomic mass is 16.1. The van der Waals surface area contributed by atoms with Crippen LogP contribution < -0.4 is 5.73 Å². The van der Waals surface area contributed by atoms with Crippen LogP contribution in [-0.4, -0.2) is 11.7 Å². The molecule has 0 radical (unpaired) electrons. The Morgan fingerprint density at radius 2 is 2.05 bits per heavy atom. The molecule has 1 aromatic rings. The standard InChI is InChI=1S/C17H20N2O/c1-4-7-13(3)15(20)19-16(18)17(10-11-17)14-9-6-5-8-12(14)2/h4-9H,3,10-11H2,1-2H3,(H2,18,19,20)/b7-4+. The number of rotatable bonds is 4. The van der Waals surface area contributed by atoms with E-state index in [0.717, 1.165) is 12.8 Å². The maximum absolute atomic E-state index is 11.9. The van der Waals surface area contributed by atoms with Crippen molar-refractivity contribution in [1.82, 2.24) is 0 Å². The van der Waals surface area contributed by atoms with E-state index in [-0.39, 0.29) is 11.3 Å². The molecule has 0 atom stereocenters. The number of benzene rings is 1. The summed E-state index contributed by atoms with van der Waals surface area (Å²) in [6, 6.07) is 8.12. The van der Waals surface area contributed by atoms with Crippen LogP contribution in [0.2, 0.25) is 0 Å². The van der Waals surface area contributed by atoms with Crippen molar-refractivity contribution in [3.63, 3.8) is 0 Å². The molecule has 0 aromatic heterocycles. The number of amidine groups is 1. The zero-order chi connectivity index (χ0) is 14.8. The predicted octanol–water partition coefficient (Wildman–Crippen LogP) is 3.04. The SMILES string of the molecule is C=C(/C=C/C)C(=O)N=C(N)C1(c2ccccc2C)CC1. The van der Waals surface area contributed by atoms with Crippen LogP contribution in [0.4, 0.5) is 0 Å². The minimum atomic E-state index is -0.361. The number of nitrogens with two attached hydrogens (primary N) is 1. The third-order valence-corrected chi connectivity index (χ3v) is 3.77. The van der Waals surface area contributed by atoms with E-state index in [1.54, 1.807) is 12.2 Å². The average Bonchev–Trinajstić information content (AvgIpc) is 3.21. The molecule has 1 saturated carbocycles. The van der Waals surface area contributed by atoms with Gasteiger partial charge in [0.1, 0.15) is 5.84 Å². The van der Waals surface area contributed by atoms with Gasteiger partial charge in [0.05, 0.1) is 5.41 Å². The molecule has 0 aliphatic heterocycles. The van der Waals surface area contributed by atoms with Gasteiger partial charge in [-0.15, -0.1) is 0 Å². The van der Waals surface area contributed by atoms with Crippen molar-refractivity contribution in [3.05, 3.63) is 59.7 Å². The van der Waals surface area contributed by atoms with Crippen LogP contribution in [0.5, 0.6) is 0 Å². The van der Waals surface area contributed by atoms with Crippen LogP contribution in [0.3, 0.4) is 0 Å². The Bertz CT molecular complexity index is 607. The number of carbonyl (C=O) groups is 1. The molecule has 1 amide bonds. The molecule has 0 bridgehead atoms. The first-order chi connectivity index (χ1) is 9.51. The van der Waals surface area contributed by atoms with Crippen LogP contribution in [0.1, 0.15) is 30.9 Å². The summed E-state index contributed by atoms with van der Waals surface area (Å²) in [4.78, 5) is 16.0. The van der Waals surface area contributed by atoms with Gasteiger partial charge in [-0.25, -0.2) is 0 Å². The second-order valence-electron chi connectivity index (χ2n) is 5.22. The Kier molecular flexibility index (Phi) is 3.89. The molecule has 0 heterocycles. The monoisotopic (exact) mass is 268 g/mol. The topological polar surface area (TPSA) is 55.5 Å². The molecule has 0 saturated heterocycles. The quantitative estimate of drug-likeness (QED) is 0.395. The normalized spacial score (nSPS) is 17.2. The second kappa shape index (κ2) is 5.45. The molecule has 0 unspecified atom stereocenters. The number of aliphatic imine (C=N–C) groups is 1. The highest BCUT2D eigenvalue weighted by molar-refractivity contribution is 6.07. The molecular formula is C17H20N2O. The van der Waals surface area contributed by atoms with E-state index in [4.69, 9.17) is 5.73 Å². The number of carbonyl (C=O) groups excluding carboxylic acids is 1. The van der Waals surface area contributed by atoms with Crippen molar-refractivity contribution in [1.29, 1.82) is 0 Å². The van der Waals surface area contributed by atoms with Gasteiger partial charge in [-0.05, 0) is 37.8 Å². The molecule has 2 N–H and O–H groups in total. The van der Waals surface area contributed by atoms with Crippen LogP contribution in [-0.2, 0) is 10.2 Å². The smallest absolute Gasteiger partial charge is 0.278 e. The third kappa shape index (κ3) is 2.57. The zero-order valence-corrected chi connectivity index (χ0v) is 12.0. The molecule has 1 fully saturated rings. The first kappa shape index (κ1) is 14.3. The van der Waals surface area contributed by atoms with E-state index < -0.39 is 0 Å². The van der Waals surface area contributed by atoms with Crippen LogP contribution in [0.15, 0.2) is 53.6 Å². The molecule has 1 aliphatic carbocycles. The lowest BCUT2D eigenvalue weighted by Gasteiger charge is -2.17. The summed E-state index contributed by atoms with van der Waals surface area (Å²) in [7, 11) is 0. The molecule has 1 aliphatic rings. The number of nitrogens with zero attached hydrogens (tertiary/aromatic N) is 1. The van der Waals surface area contributed by atoms with Gasteiger partial charge in [-0.1, -0.05) is 43.0 Å². The van der Waals surface area contributed by atoms with Crippen molar-refractivity contribution in [2.75, 3.05) is 0 Å². The second-order valence-corrected chi connectivity index (χ2v) is 5.22. The number of amides is 1. The zero-order valence-electron chi connectivity index (χ0n) is 12.0. The van der Waals surface area contributed by atoms with Gasteiger partial charge in [0.15, 0.2) is 0 Å². The van der Waals surface area contributed by atoms with Gasteiger partial charge in [0.25, 0.3) is 5.91 Å². The summed E-state index contributed by atoms with van der Waals surface area (Å²) in [6.07, 6.45) is 5.29. The van der Waals surface area contributed by atoms with Gasteiger partial charge >= 0.3 is 0 Å². The highest BCUT2D eigenvalue weighted by Crippen LogP contribution is 2.49. The van der Waals surface area contributed by atoms with Gasteiger partial charge in [0.2, 0.25) is 0 Å². The molecule has 3 heteroatoms. The lowest BCUT2D eigenvalue weighted by atomic mass is 9.91. The summed E-state index contributed by atoms with van der Waals surface area (Å²) < 4.78 is 0. The molecule has 104 valence electrons. The Morgan fingerprint density at radius 3 is 2.60 bits per heavy atom. The Hall–Kier alpha value is -2.16. The summed E-state index contributed by atoms with van der Waals surface area (Å²) in [6.45, 7) is 7.58.